The first kappa shape index (κ1) is 11.5. The maximum Gasteiger partial charge on any atom is 0.0749 e. The minimum absolute atomic E-state index is 0.691. The first-order valence-electron chi connectivity index (χ1n) is 4.87. The highest BCUT2D eigenvalue weighted by Gasteiger charge is 2.03. The highest BCUT2D eigenvalue weighted by molar-refractivity contribution is 9.10. The van der Waals surface area contributed by atoms with Gasteiger partial charge in [-0.2, -0.15) is 5.10 Å². The SMILES string of the molecule is CCCn1ncc(Br)c1/C=C/CCN. The lowest BCUT2D eigenvalue weighted by molar-refractivity contribution is 0.597. The molecule has 4 heteroatoms. The second kappa shape index (κ2) is 5.98. The van der Waals surface area contributed by atoms with Gasteiger partial charge < -0.3 is 5.73 Å². The second-order valence-electron chi connectivity index (χ2n) is 3.08. The summed E-state index contributed by atoms with van der Waals surface area (Å²) in [5.74, 6) is 0. The molecule has 0 saturated heterocycles. The first-order chi connectivity index (χ1) is 6.79. The lowest BCUT2D eigenvalue weighted by atomic mass is 10.3. The van der Waals surface area contributed by atoms with Gasteiger partial charge in [0.1, 0.15) is 0 Å². The third-order valence-corrected chi connectivity index (χ3v) is 2.49. The Hall–Kier alpha value is -0.610. The van der Waals surface area contributed by atoms with Gasteiger partial charge in [-0.3, -0.25) is 4.68 Å². The Bertz CT molecular complexity index is 304. The van der Waals surface area contributed by atoms with Crippen molar-refractivity contribution < 1.29 is 0 Å². The summed E-state index contributed by atoms with van der Waals surface area (Å²) in [7, 11) is 0. The van der Waals surface area contributed by atoms with Crippen LogP contribution in [0.4, 0.5) is 0 Å². The lowest BCUT2D eigenvalue weighted by Gasteiger charge is -2.01. The third kappa shape index (κ3) is 2.96. The van der Waals surface area contributed by atoms with Gasteiger partial charge in [0.25, 0.3) is 0 Å². The molecular weight excluding hydrogens is 242 g/mol. The van der Waals surface area contributed by atoms with E-state index >= 15 is 0 Å². The van der Waals surface area contributed by atoms with E-state index < -0.39 is 0 Å². The van der Waals surface area contributed by atoms with Crippen LogP contribution in [0.15, 0.2) is 16.7 Å². The molecule has 0 unspecified atom stereocenters. The summed E-state index contributed by atoms with van der Waals surface area (Å²) >= 11 is 3.47. The summed E-state index contributed by atoms with van der Waals surface area (Å²) in [5.41, 5.74) is 6.54. The monoisotopic (exact) mass is 257 g/mol. The fourth-order valence-electron chi connectivity index (χ4n) is 1.22. The quantitative estimate of drug-likeness (QED) is 0.881. The minimum atomic E-state index is 0.691. The van der Waals surface area contributed by atoms with Crippen LogP contribution >= 0.6 is 15.9 Å². The van der Waals surface area contributed by atoms with Crippen LogP contribution in [0.2, 0.25) is 0 Å². The summed E-state index contributed by atoms with van der Waals surface area (Å²) in [6, 6.07) is 0. The van der Waals surface area contributed by atoms with Gasteiger partial charge >= 0.3 is 0 Å². The van der Waals surface area contributed by atoms with Gasteiger partial charge in [-0.25, -0.2) is 0 Å². The Balaban J connectivity index is 2.76. The lowest BCUT2D eigenvalue weighted by Crippen LogP contribution is -2.01. The molecule has 0 aromatic carbocycles. The van der Waals surface area contributed by atoms with Crippen LogP contribution in [0, 0.1) is 0 Å². The summed E-state index contributed by atoms with van der Waals surface area (Å²) in [6.45, 7) is 3.78. The van der Waals surface area contributed by atoms with E-state index in [2.05, 4.69) is 40.1 Å². The van der Waals surface area contributed by atoms with Gasteiger partial charge in [-0.15, -0.1) is 0 Å². The van der Waals surface area contributed by atoms with Crippen molar-refractivity contribution in [3.63, 3.8) is 0 Å². The van der Waals surface area contributed by atoms with Crippen LogP contribution in [0.3, 0.4) is 0 Å². The number of nitrogens with two attached hydrogens (primary N) is 1. The summed E-state index contributed by atoms with van der Waals surface area (Å²) < 4.78 is 3.04. The van der Waals surface area contributed by atoms with Crippen LogP contribution < -0.4 is 5.73 Å². The Kier molecular flexibility index (Phi) is 4.90. The predicted octanol–water partition coefficient (Wildman–Crippen LogP) is 2.42. The molecule has 2 N–H and O–H groups in total. The second-order valence-corrected chi connectivity index (χ2v) is 3.93. The molecule has 78 valence electrons. The normalized spacial score (nSPS) is 11.4. The maximum atomic E-state index is 5.42. The third-order valence-electron chi connectivity index (χ3n) is 1.88. The van der Waals surface area contributed by atoms with Crippen molar-refractivity contribution in [1.82, 2.24) is 9.78 Å². The molecule has 0 saturated carbocycles. The van der Waals surface area contributed by atoms with Gasteiger partial charge in [0, 0.05) is 6.54 Å². The van der Waals surface area contributed by atoms with E-state index in [1.54, 1.807) is 0 Å². The van der Waals surface area contributed by atoms with Gasteiger partial charge in [0.15, 0.2) is 0 Å². The van der Waals surface area contributed by atoms with E-state index in [4.69, 9.17) is 5.73 Å². The zero-order valence-electron chi connectivity index (χ0n) is 8.41. The zero-order chi connectivity index (χ0) is 10.4. The van der Waals surface area contributed by atoms with Gasteiger partial charge in [-0.1, -0.05) is 13.0 Å². The topological polar surface area (TPSA) is 43.8 Å². The Morgan fingerprint density at radius 1 is 1.64 bits per heavy atom. The van der Waals surface area contributed by atoms with Crippen LogP contribution in [-0.4, -0.2) is 16.3 Å². The molecule has 0 aliphatic rings. The first-order valence-corrected chi connectivity index (χ1v) is 5.66. The number of hydrogen-bond donors (Lipinski definition) is 1. The highest BCUT2D eigenvalue weighted by atomic mass is 79.9. The number of hydrogen-bond acceptors (Lipinski definition) is 2. The minimum Gasteiger partial charge on any atom is -0.330 e. The maximum absolute atomic E-state index is 5.42. The van der Waals surface area contributed by atoms with E-state index in [1.165, 1.54) is 0 Å². The average molecular weight is 258 g/mol. The van der Waals surface area contributed by atoms with Crippen molar-refractivity contribution in [2.45, 2.75) is 26.3 Å². The molecule has 1 aromatic heterocycles. The fourth-order valence-corrected chi connectivity index (χ4v) is 1.65. The van der Waals surface area contributed by atoms with Gasteiger partial charge in [0.2, 0.25) is 0 Å². The molecule has 0 aliphatic heterocycles. The van der Waals surface area contributed by atoms with Crippen molar-refractivity contribution in [1.29, 1.82) is 0 Å². The summed E-state index contributed by atoms with van der Waals surface area (Å²) in [6.07, 6.45) is 7.97. The molecule has 0 spiro atoms. The molecule has 1 rings (SSSR count). The largest absolute Gasteiger partial charge is 0.330 e. The van der Waals surface area contributed by atoms with Crippen molar-refractivity contribution in [3.05, 3.63) is 22.4 Å². The molecule has 0 radical (unpaired) electrons. The van der Waals surface area contributed by atoms with Crippen LogP contribution in [-0.2, 0) is 6.54 Å². The zero-order valence-corrected chi connectivity index (χ0v) is 10.00. The number of rotatable bonds is 5. The van der Waals surface area contributed by atoms with Crippen molar-refractivity contribution in [2.24, 2.45) is 5.73 Å². The molecule has 14 heavy (non-hydrogen) atoms. The van der Waals surface area contributed by atoms with E-state index in [9.17, 15) is 0 Å². The van der Waals surface area contributed by atoms with Crippen molar-refractivity contribution in [3.8, 4) is 0 Å². The van der Waals surface area contributed by atoms with E-state index in [0.717, 1.165) is 29.6 Å². The van der Waals surface area contributed by atoms with Crippen molar-refractivity contribution >= 4 is 22.0 Å². The molecule has 0 amide bonds. The molecular formula is C10H16BrN3. The molecule has 0 bridgehead atoms. The molecule has 0 aliphatic carbocycles. The van der Waals surface area contributed by atoms with E-state index in [0.29, 0.717) is 6.54 Å². The molecule has 0 fully saturated rings. The standard InChI is InChI=1S/C10H16BrN3/c1-2-7-14-10(5-3-4-6-12)9(11)8-13-14/h3,5,8H,2,4,6-7,12H2,1H3/b5-3+. The number of halogens is 1. The smallest absolute Gasteiger partial charge is 0.0749 e. The van der Waals surface area contributed by atoms with E-state index in [1.807, 2.05) is 10.9 Å². The van der Waals surface area contributed by atoms with Crippen LogP contribution in [0.25, 0.3) is 6.08 Å². The predicted molar refractivity (Wildman–Crippen MR) is 62.9 cm³/mol. The van der Waals surface area contributed by atoms with Gasteiger partial charge in [-0.05, 0) is 41.4 Å². The van der Waals surface area contributed by atoms with Crippen molar-refractivity contribution in [2.75, 3.05) is 6.54 Å². The van der Waals surface area contributed by atoms with Crippen LogP contribution in [0.1, 0.15) is 25.5 Å². The molecule has 3 nitrogen and oxygen atoms in total. The number of aromatic nitrogens is 2. The van der Waals surface area contributed by atoms with Gasteiger partial charge in [0.05, 0.1) is 16.4 Å². The molecule has 1 heterocycles. The number of aryl methyl sites for hydroxylation is 1. The van der Waals surface area contributed by atoms with E-state index in [-0.39, 0.29) is 0 Å². The Morgan fingerprint density at radius 2 is 2.43 bits per heavy atom. The Labute approximate surface area is 93.1 Å². The fraction of sp³-hybridized carbons (Fsp3) is 0.500. The highest BCUT2D eigenvalue weighted by Crippen LogP contribution is 2.17. The average Bonchev–Trinajstić information content (AvgIpc) is 2.50. The number of nitrogens with zero attached hydrogens (tertiary/aromatic N) is 2. The molecule has 1 aromatic rings. The summed E-state index contributed by atoms with van der Waals surface area (Å²) in [5, 5.41) is 4.27. The molecule has 0 atom stereocenters. The summed E-state index contributed by atoms with van der Waals surface area (Å²) in [4.78, 5) is 0. The van der Waals surface area contributed by atoms with Crippen LogP contribution in [0.5, 0.6) is 0 Å². The Morgan fingerprint density at radius 3 is 3.07 bits per heavy atom.